The Morgan fingerprint density at radius 2 is 1.96 bits per heavy atom. The van der Waals surface area contributed by atoms with E-state index in [2.05, 4.69) is 27.3 Å². The van der Waals surface area contributed by atoms with Gasteiger partial charge < -0.3 is 20.1 Å². The Bertz CT molecular complexity index is 485. The molecule has 2 N–H and O–H groups in total. The topological polar surface area (TPSA) is 54.9 Å². The minimum atomic E-state index is -2.85. The normalized spacial score (nSPS) is 11.6. The van der Waals surface area contributed by atoms with Crippen LogP contribution in [-0.4, -0.2) is 38.9 Å². The lowest BCUT2D eigenvalue weighted by Gasteiger charge is -2.13. The first-order valence-electron chi connectivity index (χ1n) is 8.30. The number of alkyl halides is 2. The molecule has 1 aromatic rings. The van der Waals surface area contributed by atoms with E-state index < -0.39 is 6.61 Å². The van der Waals surface area contributed by atoms with Crippen molar-refractivity contribution in [2.75, 3.05) is 26.3 Å². The molecule has 0 atom stereocenters. The lowest BCUT2D eigenvalue weighted by Crippen LogP contribution is -2.39. The maximum Gasteiger partial charge on any atom is 0.387 e. The summed E-state index contributed by atoms with van der Waals surface area (Å²) >= 11 is 0. The van der Waals surface area contributed by atoms with Crippen molar-refractivity contribution in [2.45, 2.75) is 39.8 Å². The number of ether oxygens (including phenoxy) is 2. The van der Waals surface area contributed by atoms with E-state index >= 15 is 0 Å². The maximum atomic E-state index is 12.4. The van der Waals surface area contributed by atoms with E-state index in [1.165, 1.54) is 6.07 Å². The summed E-state index contributed by atoms with van der Waals surface area (Å²) in [6, 6.07) is 6.66. The second-order valence-corrected chi connectivity index (χ2v) is 5.07. The van der Waals surface area contributed by atoms with E-state index in [1.54, 1.807) is 18.2 Å². The lowest BCUT2D eigenvalue weighted by molar-refractivity contribution is -0.0504. The Labute approximate surface area is 142 Å². The number of hydrogen-bond acceptors (Lipinski definition) is 3. The molecule has 0 saturated heterocycles. The Morgan fingerprint density at radius 1 is 1.17 bits per heavy atom. The fourth-order valence-corrected chi connectivity index (χ4v) is 1.94. The van der Waals surface area contributed by atoms with E-state index in [0.29, 0.717) is 31.2 Å². The van der Waals surface area contributed by atoms with E-state index in [0.717, 1.165) is 19.4 Å². The second-order valence-electron chi connectivity index (χ2n) is 5.07. The fraction of sp³-hybridized carbons (Fsp3) is 0.588. The predicted molar refractivity (Wildman–Crippen MR) is 91.6 cm³/mol. The van der Waals surface area contributed by atoms with Gasteiger partial charge in [-0.15, -0.1) is 0 Å². The van der Waals surface area contributed by atoms with Crippen molar-refractivity contribution < 1.29 is 18.3 Å². The first kappa shape index (κ1) is 20.2. The van der Waals surface area contributed by atoms with Crippen LogP contribution in [0.4, 0.5) is 8.78 Å². The summed E-state index contributed by atoms with van der Waals surface area (Å²) in [4.78, 5) is 4.40. The molecule has 5 nitrogen and oxygen atoms in total. The molecule has 0 aliphatic rings. The molecule has 136 valence electrons. The number of aliphatic imine (C=N–C) groups is 1. The van der Waals surface area contributed by atoms with Gasteiger partial charge in [-0.25, -0.2) is 4.99 Å². The molecule has 0 bridgehead atoms. The molecule has 0 fully saturated rings. The SMILES string of the molecule is CCCCOCCNC(=NCc1ccccc1OC(F)F)NCC. The molecule has 0 aliphatic heterocycles. The fourth-order valence-electron chi connectivity index (χ4n) is 1.94. The van der Waals surface area contributed by atoms with E-state index in [9.17, 15) is 8.78 Å². The van der Waals surface area contributed by atoms with Crippen molar-refractivity contribution in [1.82, 2.24) is 10.6 Å². The molecular formula is C17H27F2N3O2. The highest BCUT2D eigenvalue weighted by molar-refractivity contribution is 5.79. The molecule has 0 amide bonds. The third kappa shape index (κ3) is 8.67. The number of halogens is 2. The van der Waals surface area contributed by atoms with Gasteiger partial charge in [0.05, 0.1) is 13.2 Å². The molecule has 0 heterocycles. The molecule has 0 unspecified atom stereocenters. The van der Waals surface area contributed by atoms with Crippen LogP contribution in [0.25, 0.3) is 0 Å². The molecule has 7 heteroatoms. The number of nitrogens with one attached hydrogen (secondary N) is 2. The van der Waals surface area contributed by atoms with Crippen LogP contribution in [0.3, 0.4) is 0 Å². The van der Waals surface area contributed by atoms with Gasteiger partial charge in [0, 0.05) is 25.3 Å². The average Bonchev–Trinajstić information content (AvgIpc) is 2.56. The zero-order chi connectivity index (χ0) is 17.6. The van der Waals surface area contributed by atoms with Gasteiger partial charge in [-0.3, -0.25) is 0 Å². The van der Waals surface area contributed by atoms with Gasteiger partial charge in [-0.05, 0) is 19.4 Å². The van der Waals surface area contributed by atoms with Crippen molar-refractivity contribution in [2.24, 2.45) is 4.99 Å². The van der Waals surface area contributed by atoms with Crippen LogP contribution in [0.2, 0.25) is 0 Å². The zero-order valence-corrected chi connectivity index (χ0v) is 14.4. The summed E-state index contributed by atoms with van der Waals surface area (Å²) in [7, 11) is 0. The molecule has 24 heavy (non-hydrogen) atoms. The third-order valence-electron chi connectivity index (χ3n) is 3.12. The maximum absolute atomic E-state index is 12.4. The zero-order valence-electron chi connectivity index (χ0n) is 14.4. The number of rotatable bonds is 11. The van der Waals surface area contributed by atoms with Gasteiger partial charge in [0.2, 0.25) is 0 Å². The second kappa shape index (κ2) is 12.5. The van der Waals surface area contributed by atoms with Gasteiger partial charge >= 0.3 is 6.61 Å². The molecular weight excluding hydrogens is 316 g/mol. The van der Waals surface area contributed by atoms with Crippen LogP contribution >= 0.6 is 0 Å². The van der Waals surface area contributed by atoms with Crippen molar-refractivity contribution in [3.63, 3.8) is 0 Å². The van der Waals surface area contributed by atoms with Crippen molar-refractivity contribution >= 4 is 5.96 Å². The van der Waals surface area contributed by atoms with Crippen LogP contribution in [0, 0.1) is 0 Å². The molecule has 0 radical (unpaired) electrons. The summed E-state index contributed by atoms with van der Waals surface area (Å²) in [5.41, 5.74) is 0.606. The van der Waals surface area contributed by atoms with Crippen molar-refractivity contribution in [3.8, 4) is 5.75 Å². The highest BCUT2D eigenvalue weighted by Gasteiger charge is 2.08. The van der Waals surface area contributed by atoms with Crippen molar-refractivity contribution in [1.29, 1.82) is 0 Å². The summed E-state index contributed by atoms with van der Waals surface area (Å²) in [6.07, 6.45) is 2.16. The number of nitrogens with zero attached hydrogens (tertiary/aromatic N) is 1. The molecule has 1 aromatic carbocycles. The Morgan fingerprint density at radius 3 is 2.67 bits per heavy atom. The highest BCUT2D eigenvalue weighted by atomic mass is 19.3. The van der Waals surface area contributed by atoms with Gasteiger partial charge in [-0.2, -0.15) is 8.78 Å². The third-order valence-corrected chi connectivity index (χ3v) is 3.12. The highest BCUT2D eigenvalue weighted by Crippen LogP contribution is 2.20. The number of guanidine groups is 1. The summed E-state index contributed by atoms with van der Waals surface area (Å²) in [5, 5.41) is 6.26. The predicted octanol–water partition coefficient (Wildman–Crippen LogP) is 3.16. The molecule has 0 aromatic heterocycles. The summed E-state index contributed by atoms with van der Waals surface area (Å²) in [5.74, 6) is 0.762. The van der Waals surface area contributed by atoms with E-state index in [1.807, 2.05) is 6.92 Å². The monoisotopic (exact) mass is 343 g/mol. The van der Waals surface area contributed by atoms with Crippen LogP contribution in [0.1, 0.15) is 32.3 Å². The van der Waals surface area contributed by atoms with Gasteiger partial charge in [-0.1, -0.05) is 31.5 Å². The smallest absolute Gasteiger partial charge is 0.387 e. The Hall–Kier alpha value is -1.89. The Balaban J connectivity index is 2.53. The number of para-hydroxylation sites is 1. The van der Waals surface area contributed by atoms with Crippen LogP contribution in [0.5, 0.6) is 5.75 Å². The van der Waals surface area contributed by atoms with Gasteiger partial charge in [0.15, 0.2) is 5.96 Å². The minimum absolute atomic E-state index is 0.148. The van der Waals surface area contributed by atoms with Crippen LogP contribution in [-0.2, 0) is 11.3 Å². The van der Waals surface area contributed by atoms with Gasteiger partial charge in [0.1, 0.15) is 5.75 Å². The quantitative estimate of drug-likeness (QED) is 0.368. The molecule has 0 saturated carbocycles. The lowest BCUT2D eigenvalue weighted by atomic mass is 10.2. The minimum Gasteiger partial charge on any atom is -0.434 e. The summed E-state index contributed by atoms with van der Waals surface area (Å²) < 4.78 is 34.8. The average molecular weight is 343 g/mol. The van der Waals surface area contributed by atoms with E-state index in [-0.39, 0.29) is 12.3 Å². The first-order valence-corrected chi connectivity index (χ1v) is 8.30. The van der Waals surface area contributed by atoms with Crippen LogP contribution in [0.15, 0.2) is 29.3 Å². The molecule has 1 rings (SSSR count). The molecule has 0 aliphatic carbocycles. The first-order chi connectivity index (χ1) is 11.7. The van der Waals surface area contributed by atoms with Gasteiger partial charge in [0.25, 0.3) is 0 Å². The van der Waals surface area contributed by atoms with Crippen LogP contribution < -0.4 is 15.4 Å². The van der Waals surface area contributed by atoms with Crippen molar-refractivity contribution in [3.05, 3.63) is 29.8 Å². The molecule has 0 spiro atoms. The Kier molecular flexibility index (Phi) is 10.5. The standard InChI is InChI=1S/C17H27F2N3O2/c1-3-5-11-23-12-10-21-17(20-4-2)22-13-14-8-6-7-9-15(14)24-16(18)19/h6-9,16H,3-5,10-13H2,1-2H3,(H2,20,21,22). The number of unbranched alkanes of at least 4 members (excludes halogenated alkanes) is 1. The van der Waals surface area contributed by atoms with E-state index in [4.69, 9.17) is 4.74 Å². The number of benzene rings is 1. The largest absolute Gasteiger partial charge is 0.434 e. The number of hydrogen-bond donors (Lipinski definition) is 2. The summed E-state index contributed by atoms with van der Waals surface area (Å²) in [6.45, 7) is 4.16.